The Hall–Kier alpha value is -0.330. The van der Waals surface area contributed by atoms with Crippen molar-refractivity contribution >= 4 is 6.21 Å². The first-order valence-electron chi connectivity index (χ1n) is 4.07. The Morgan fingerprint density at radius 3 is 1.50 bits per heavy atom. The quantitative estimate of drug-likeness (QED) is 0.536. The smallest absolute Gasteiger partial charge is 0.0541 e. The molecular weight excluding hydrogens is 122 g/mol. The minimum absolute atomic E-state index is 0.505. The number of aliphatic imine (C=N–C) groups is 1. The summed E-state index contributed by atoms with van der Waals surface area (Å²) in [5.74, 6) is 1.33. The van der Waals surface area contributed by atoms with E-state index in [0.29, 0.717) is 17.9 Å². The minimum Gasteiger partial charge on any atom is -0.294 e. The molecule has 0 heterocycles. The van der Waals surface area contributed by atoms with E-state index >= 15 is 0 Å². The molecule has 0 N–H and O–H groups in total. The van der Waals surface area contributed by atoms with E-state index in [4.69, 9.17) is 0 Å². The lowest BCUT2D eigenvalue weighted by molar-refractivity contribution is 0.390. The van der Waals surface area contributed by atoms with Crippen LogP contribution in [0.5, 0.6) is 0 Å². The molecule has 60 valence electrons. The standard InChI is InChI=1S/C9H19N/c1-6-10-9(7(2)3)8(4)5/h6-9H,1-5H3. The first kappa shape index (κ1) is 9.67. The van der Waals surface area contributed by atoms with Gasteiger partial charge in [-0.3, -0.25) is 4.99 Å². The van der Waals surface area contributed by atoms with Crippen LogP contribution in [0.4, 0.5) is 0 Å². The number of nitrogens with zero attached hydrogens (tertiary/aromatic N) is 1. The van der Waals surface area contributed by atoms with Crippen LogP contribution in [0.3, 0.4) is 0 Å². The summed E-state index contributed by atoms with van der Waals surface area (Å²) >= 11 is 0. The SMILES string of the molecule is CC=NC(C(C)C)C(C)C. The summed E-state index contributed by atoms with van der Waals surface area (Å²) in [5.41, 5.74) is 0. The highest BCUT2D eigenvalue weighted by Crippen LogP contribution is 2.15. The minimum atomic E-state index is 0.505. The van der Waals surface area contributed by atoms with Gasteiger partial charge in [-0.15, -0.1) is 0 Å². The summed E-state index contributed by atoms with van der Waals surface area (Å²) in [4.78, 5) is 4.40. The van der Waals surface area contributed by atoms with Crippen molar-refractivity contribution in [2.75, 3.05) is 0 Å². The summed E-state index contributed by atoms with van der Waals surface area (Å²) in [6.07, 6.45) is 1.91. The van der Waals surface area contributed by atoms with Gasteiger partial charge in [0, 0.05) is 0 Å². The zero-order valence-corrected chi connectivity index (χ0v) is 7.76. The van der Waals surface area contributed by atoms with Gasteiger partial charge < -0.3 is 0 Å². The van der Waals surface area contributed by atoms with Gasteiger partial charge in [0.15, 0.2) is 0 Å². The Bertz CT molecular complexity index is 95.3. The molecule has 0 atom stereocenters. The molecule has 0 fully saturated rings. The maximum Gasteiger partial charge on any atom is 0.0541 e. The highest BCUT2D eigenvalue weighted by atomic mass is 14.8. The number of hydrogen-bond acceptors (Lipinski definition) is 1. The molecule has 0 amide bonds. The van der Waals surface area contributed by atoms with Crippen LogP contribution < -0.4 is 0 Å². The number of rotatable bonds is 3. The van der Waals surface area contributed by atoms with Crippen molar-refractivity contribution in [3.05, 3.63) is 0 Å². The molecule has 0 aromatic rings. The van der Waals surface area contributed by atoms with Crippen LogP contribution in [0.25, 0.3) is 0 Å². The largest absolute Gasteiger partial charge is 0.294 e. The average molecular weight is 141 g/mol. The van der Waals surface area contributed by atoms with Gasteiger partial charge in [-0.25, -0.2) is 0 Å². The molecule has 1 heteroatoms. The zero-order valence-electron chi connectivity index (χ0n) is 7.76. The monoisotopic (exact) mass is 141 g/mol. The van der Waals surface area contributed by atoms with E-state index in [1.807, 2.05) is 13.1 Å². The first-order valence-corrected chi connectivity index (χ1v) is 4.07. The molecular formula is C9H19N. The first-order chi connectivity index (χ1) is 4.59. The summed E-state index contributed by atoms with van der Waals surface area (Å²) in [6, 6.07) is 0.505. The van der Waals surface area contributed by atoms with Gasteiger partial charge in [-0.05, 0) is 25.0 Å². The fourth-order valence-corrected chi connectivity index (χ4v) is 1.29. The van der Waals surface area contributed by atoms with Gasteiger partial charge >= 0.3 is 0 Å². The molecule has 0 aliphatic rings. The van der Waals surface area contributed by atoms with E-state index in [0.717, 1.165) is 0 Å². The van der Waals surface area contributed by atoms with E-state index < -0.39 is 0 Å². The van der Waals surface area contributed by atoms with Crippen molar-refractivity contribution in [3.63, 3.8) is 0 Å². The molecule has 0 aromatic heterocycles. The predicted octanol–water partition coefficient (Wildman–Crippen LogP) is 2.76. The summed E-state index contributed by atoms with van der Waals surface area (Å²) in [7, 11) is 0. The lowest BCUT2D eigenvalue weighted by atomic mass is 9.94. The van der Waals surface area contributed by atoms with Crippen molar-refractivity contribution < 1.29 is 0 Å². The molecule has 0 saturated carbocycles. The molecule has 1 nitrogen and oxygen atoms in total. The average Bonchev–Trinajstić information content (AvgIpc) is 1.81. The van der Waals surface area contributed by atoms with Crippen LogP contribution in [0.15, 0.2) is 4.99 Å². The predicted molar refractivity (Wildman–Crippen MR) is 47.6 cm³/mol. The topological polar surface area (TPSA) is 12.4 Å². The lowest BCUT2D eigenvalue weighted by Gasteiger charge is -2.19. The molecule has 0 spiro atoms. The second-order valence-corrected chi connectivity index (χ2v) is 3.39. The third kappa shape index (κ3) is 3.00. The van der Waals surface area contributed by atoms with Crippen molar-refractivity contribution in [2.45, 2.75) is 40.7 Å². The van der Waals surface area contributed by atoms with E-state index in [-0.39, 0.29) is 0 Å². The van der Waals surface area contributed by atoms with Gasteiger partial charge in [0.1, 0.15) is 0 Å². The van der Waals surface area contributed by atoms with E-state index in [2.05, 4.69) is 32.7 Å². The van der Waals surface area contributed by atoms with Crippen molar-refractivity contribution in [1.82, 2.24) is 0 Å². The lowest BCUT2D eigenvalue weighted by Crippen LogP contribution is -2.19. The van der Waals surface area contributed by atoms with Crippen LogP contribution in [-0.4, -0.2) is 12.3 Å². The Morgan fingerprint density at radius 2 is 1.40 bits per heavy atom. The van der Waals surface area contributed by atoms with Crippen LogP contribution in [0, 0.1) is 11.8 Å². The van der Waals surface area contributed by atoms with Crippen LogP contribution in [-0.2, 0) is 0 Å². The maximum absolute atomic E-state index is 4.40. The molecule has 0 aliphatic heterocycles. The van der Waals surface area contributed by atoms with Crippen LogP contribution >= 0.6 is 0 Å². The van der Waals surface area contributed by atoms with E-state index in [1.165, 1.54) is 0 Å². The second kappa shape index (κ2) is 4.48. The normalized spacial score (nSPS) is 12.8. The molecule has 0 bridgehead atoms. The zero-order chi connectivity index (χ0) is 8.15. The fraction of sp³-hybridized carbons (Fsp3) is 0.889. The van der Waals surface area contributed by atoms with Crippen molar-refractivity contribution in [3.8, 4) is 0 Å². The maximum atomic E-state index is 4.40. The Labute approximate surface area is 64.6 Å². The van der Waals surface area contributed by atoms with Gasteiger partial charge in [0.25, 0.3) is 0 Å². The van der Waals surface area contributed by atoms with Crippen molar-refractivity contribution in [2.24, 2.45) is 16.8 Å². The molecule has 0 radical (unpaired) electrons. The Kier molecular flexibility index (Phi) is 4.33. The van der Waals surface area contributed by atoms with E-state index in [9.17, 15) is 0 Å². The summed E-state index contributed by atoms with van der Waals surface area (Å²) in [5, 5.41) is 0. The molecule has 10 heavy (non-hydrogen) atoms. The van der Waals surface area contributed by atoms with Crippen LogP contribution in [0.1, 0.15) is 34.6 Å². The van der Waals surface area contributed by atoms with Crippen molar-refractivity contribution in [1.29, 1.82) is 0 Å². The molecule has 0 aliphatic carbocycles. The van der Waals surface area contributed by atoms with Crippen LogP contribution in [0.2, 0.25) is 0 Å². The fourth-order valence-electron chi connectivity index (χ4n) is 1.29. The molecule has 0 rings (SSSR count). The summed E-state index contributed by atoms with van der Waals surface area (Å²) in [6.45, 7) is 10.9. The summed E-state index contributed by atoms with van der Waals surface area (Å²) < 4.78 is 0. The highest BCUT2D eigenvalue weighted by Gasteiger charge is 2.14. The Morgan fingerprint density at radius 1 is 1.00 bits per heavy atom. The molecule has 0 saturated heterocycles. The third-order valence-corrected chi connectivity index (χ3v) is 1.69. The third-order valence-electron chi connectivity index (χ3n) is 1.69. The molecule has 0 aromatic carbocycles. The highest BCUT2D eigenvalue weighted by molar-refractivity contribution is 5.53. The Balaban J connectivity index is 3.98. The second-order valence-electron chi connectivity index (χ2n) is 3.39. The van der Waals surface area contributed by atoms with Gasteiger partial charge in [-0.2, -0.15) is 0 Å². The molecule has 0 unspecified atom stereocenters. The van der Waals surface area contributed by atoms with E-state index in [1.54, 1.807) is 0 Å². The number of hydrogen-bond donors (Lipinski definition) is 0. The van der Waals surface area contributed by atoms with Gasteiger partial charge in [-0.1, -0.05) is 27.7 Å². The van der Waals surface area contributed by atoms with Gasteiger partial charge in [0.05, 0.1) is 6.04 Å². The van der Waals surface area contributed by atoms with Gasteiger partial charge in [0.2, 0.25) is 0 Å².